The van der Waals surface area contributed by atoms with E-state index in [1.165, 1.54) is 42.5 Å². The van der Waals surface area contributed by atoms with Gasteiger partial charge in [-0.1, -0.05) is 34.1 Å². The molecule has 0 aliphatic carbocycles. The molecule has 0 atom stereocenters. The summed E-state index contributed by atoms with van der Waals surface area (Å²) in [5.41, 5.74) is 1.14. The van der Waals surface area contributed by atoms with E-state index in [1.54, 1.807) is 31.2 Å². The van der Waals surface area contributed by atoms with Gasteiger partial charge in [-0.05, 0) is 78.8 Å². The minimum absolute atomic E-state index is 0.0409. The van der Waals surface area contributed by atoms with E-state index in [0.29, 0.717) is 28.1 Å². The van der Waals surface area contributed by atoms with Gasteiger partial charge in [0.2, 0.25) is 0 Å². The Labute approximate surface area is 230 Å². The molecule has 2 N–H and O–H groups in total. The summed E-state index contributed by atoms with van der Waals surface area (Å²) in [7, 11) is 0. The summed E-state index contributed by atoms with van der Waals surface area (Å²) in [6.45, 7) is 2.29. The van der Waals surface area contributed by atoms with Crippen LogP contribution in [0, 0.1) is 5.82 Å². The Balaban J connectivity index is 1.66. The monoisotopic (exact) mass is 598 g/mol. The zero-order valence-electron chi connectivity index (χ0n) is 19.9. The van der Waals surface area contributed by atoms with E-state index >= 15 is 0 Å². The molecule has 38 heavy (non-hydrogen) atoms. The molecular formula is C27H20BrFN2O6S. The van der Waals surface area contributed by atoms with Crippen LogP contribution in [0.1, 0.15) is 28.4 Å². The number of hydrogen-bond donors (Lipinski definition) is 2. The Hall–Kier alpha value is -4.09. The number of rotatable bonds is 8. The molecule has 3 aromatic rings. The molecule has 194 valence electrons. The van der Waals surface area contributed by atoms with E-state index in [9.17, 15) is 23.9 Å². The molecule has 1 fully saturated rings. The number of carboxylic acids is 1. The largest absolute Gasteiger partial charge is 0.490 e. The maximum Gasteiger partial charge on any atom is 0.335 e. The zero-order chi connectivity index (χ0) is 27.4. The number of carbonyl (C=O) groups is 3. The maximum atomic E-state index is 13.4. The summed E-state index contributed by atoms with van der Waals surface area (Å²) < 4.78 is 25.3. The third-order valence-electron chi connectivity index (χ3n) is 5.42. The van der Waals surface area contributed by atoms with E-state index in [4.69, 9.17) is 21.7 Å². The van der Waals surface area contributed by atoms with Crippen LogP contribution < -0.4 is 19.7 Å². The Morgan fingerprint density at radius 1 is 1.11 bits per heavy atom. The van der Waals surface area contributed by atoms with Crippen LogP contribution in [0.3, 0.4) is 0 Å². The third-order valence-corrected chi connectivity index (χ3v) is 6.39. The first-order chi connectivity index (χ1) is 18.2. The van der Waals surface area contributed by atoms with Crippen molar-refractivity contribution < 1.29 is 33.4 Å². The van der Waals surface area contributed by atoms with Crippen LogP contribution in [0.4, 0.5) is 10.1 Å². The molecular weight excluding hydrogens is 579 g/mol. The minimum Gasteiger partial charge on any atom is -0.490 e. The molecule has 1 aliphatic heterocycles. The van der Waals surface area contributed by atoms with Crippen LogP contribution in [0.15, 0.2) is 70.7 Å². The van der Waals surface area contributed by atoms with Gasteiger partial charge in [0, 0.05) is 4.47 Å². The highest BCUT2D eigenvalue weighted by atomic mass is 79.9. The van der Waals surface area contributed by atoms with Crippen LogP contribution in [0.25, 0.3) is 6.08 Å². The topological polar surface area (TPSA) is 105 Å². The van der Waals surface area contributed by atoms with Crippen molar-refractivity contribution in [1.29, 1.82) is 0 Å². The molecule has 3 aromatic carbocycles. The highest BCUT2D eigenvalue weighted by molar-refractivity contribution is 9.10. The lowest BCUT2D eigenvalue weighted by Crippen LogP contribution is -2.54. The van der Waals surface area contributed by atoms with E-state index in [2.05, 4.69) is 21.2 Å². The molecule has 4 rings (SSSR count). The molecule has 1 saturated heterocycles. The Bertz CT molecular complexity index is 1470. The van der Waals surface area contributed by atoms with E-state index < -0.39 is 17.8 Å². The standard InChI is InChI=1S/C27H20BrFN2O6S/c1-2-36-22-12-17(21(28)13-23(22)37-14-15-6-8-18(29)9-7-15)11-20-24(32)30-27(38)31(25(20)33)19-5-3-4-16(10-19)26(34)35/h3-13H,2,14H2,1H3,(H,34,35)(H,30,32,38). The molecule has 0 unspecified atom stereocenters. The van der Waals surface area contributed by atoms with Gasteiger partial charge in [0.1, 0.15) is 18.0 Å². The van der Waals surface area contributed by atoms with Gasteiger partial charge in [-0.15, -0.1) is 0 Å². The second-order valence-electron chi connectivity index (χ2n) is 7.98. The van der Waals surface area contributed by atoms with Gasteiger partial charge >= 0.3 is 5.97 Å². The number of hydrogen-bond acceptors (Lipinski definition) is 6. The predicted molar refractivity (Wildman–Crippen MR) is 146 cm³/mol. The van der Waals surface area contributed by atoms with Crippen molar-refractivity contribution in [2.24, 2.45) is 0 Å². The van der Waals surface area contributed by atoms with Crippen molar-refractivity contribution in [2.75, 3.05) is 11.5 Å². The van der Waals surface area contributed by atoms with Gasteiger partial charge in [-0.25, -0.2) is 9.18 Å². The molecule has 0 bridgehead atoms. The molecule has 0 spiro atoms. The molecule has 2 amide bonds. The maximum absolute atomic E-state index is 13.4. The Morgan fingerprint density at radius 2 is 1.82 bits per heavy atom. The lowest BCUT2D eigenvalue weighted by atomic mass is 10.1. The fourth-order valence-electron chi connectivity index (χ4n) is 3.61. The quantitative estimate of drug-likeness (QED) is 0.211. The second kappa shape index (κ2) is 11.5. The molecule has 1 heterocycles. The lowest BCUT2D eigenvalue weighted by Gasteiger charge is -2.29. The van der Waals surface area contributed by atoms with E-state index in [0.717, 1.165) is 10.5 Å². The van der Waals surface area contributed by atoms with Crippen LogP contribution in [0.2, 0.25) is 0 Å². The van der Waals surface area contributed by atoms with Crippen LogP contribution in [-0.4, -0.2) is 34.6 Å². The molecule has 11 heteroatoms. The number of halogens is 2. The minimum atomic E-state index is -1.17. The van der Waals surface area contributed by atoms with Crippen molar-refractivity contribution in [3.8, 4) is 11.5 Å². The van der Waals surface area contributed by atoms with Crippen molar-refractivity contribution in [2.45, 2.75) is 13.5 Å². The Kier molecular flexibility index (Phi) is 8.18. The van der Waals surface area contributed by atoms with Crippen LogP contribution in [-0.2, 0) is 16.2 Å². The number of thiocarbonyl (C=S) groups is 1. The first-order valence-corrected chi connectivity index (χ1v) is 12.5. The number of nitrogens with one attached hydrogen (secondary N) is 1. The summed E-state index contributed by atoms with van der Waals surface area (Å²) in [4.78, 5) is 38.6. The number of amides is 2. The number of ether oxygens (including phenoxy) is 2. The highest BCUT2D eigenvalue weighted by Crippen LogP contribution is 2.36. The molecule has 1 aliphatic rings. The summed E-state index contributed by atoms with van der Waals surface area (Å²) >= 11 is 8.65. The molecule has 0 aromatic heterocycles. The van der Waals surface area contributed by atoms with Gasteiger partial charge in [-0.2, -0.15) is 0 Å². The smallest absolute Gasteiger partial charge is 0.335 e. The summed E-state index contributed by atoms with van der Waals surface area (Å²) in [6, 6.07) is 14.8. The molecule has 8 nitrogen and oxygen atoms in total. The number of nitrogens with zero attached hydrogens (tertiary/aromatic N) is 1. The van der Waals surface area contributed by atoms with Gasteiger partial charge in [0.25, 0.3) is 11.8 Å². The zero-order valence-corrected chi connectivity index (χ0v) is 22.3. The van der Waals surface area contributed by atoms with Crippen molar-refractivity contribution in [3.05, 3.63) is 93.2 Å². The lowest BCUT2D eigenvalue weighted by molar-refractivity contribution is -0.122. The normalized spacial score (nSPS) is 14.4. The average Bonchev–Trinajstić information content (AvgIpc) is 2.88. The molecule has 0 radical (unpaired) electrons. The SMILES string of the molecule is CCOc1cc(C=C2C(=O)NC(=S)N(c3cccc(C(=O)O)c3)C2=O)c(Br)cc1OCc1ccc(F)cc1. The van der Waals surface area contributed by atoms with Gasteiger partial charge < -0.3 is 14.6 Å². The van der Waals surface area contributed by atoms with Gasteiger partial charge in [0.05, 0.1) is 17.9 Å². The van der Waals surface area contributed by atoms with Crippen LogP contribution in [0.5, 0.6) is 11.5 Å². The first kappa shape index (κ1) is 27.0. The number of benzene rings is 3. The van der Waals surface area contributed by atoms with Crippen molar-refractivity contribution >= 4 is 62.8 Å². The van der Waals surface area contributed by atoms with E-state index in [-0.39, 0.29) is 34.4 Å². The fourth-order valence-corrected chi connectivity index (χ4v) is 4.33. The number of aromatic carboxylic acids is 1. The molecule has 0 saturated carbocycles. The average molecular weight is 599 g/mol. The second-order valence-corrected chi connectivity index (χ2v) is 9.22. The van der Waals surface area contributed by atoms with Gasteiger partial charge in [0.15, 0.2) is 16.6 Å². The highest BCUT2D eigenvalue weighted by Gasteiger charge is 2.35. The fraction of sp³-hybridized carbons (Fsp3) is 0.111. The number of anilines is 1. The van der Waals surface area contributed by atoms with Crippen molar-refractivity contribution in [3.63, 3.8) is 0 Å². The summed E-state index contributed by atoms with van der Waals surface area (Å²) in [5.74, 6) is -2.17. The van der Waals surface area contributed by atoms with Crippen LogP contribution >= 0.6 is 28.1 Å². The Morgan fingerprint density at radius 3 is 2.50 bits per heavy atom. The number of carbonyl (C=O) groups excluding carboxylic acids is 2. The van der Waals surface area contributed by atoms with E-state index in [1.807, 2.05) is 0 Å². The number of carboxylic acid groups (broad SMARTS) is 1. The van der Waals surface area contributed by atoms with Gasteiger partial charge in [-0.3, -0.25) is 19.8 Å². The summed E-state index contributed by atoms with van der Waals surface area (Å²) in [5, 5.41) is 11.6. The first-order valence-electron chi connectivity index (χ1n) is 11.3. The predicted octanol–water partition coefficient (Wildman–Crippen LogP) is 5.10. The van der Waals surface area contributed by atoms with Crippen molar-refractivity contribution in [1.82, 2.24) is 5.32 Å². The third kappa shape index (κ3) is 5.90. The summed E-state index contributed by atoms with van der Waals surface area (Å²) in [6.07, 6.45) is 1.38.